The van der Waals surface area contributed by atoms with E-state index in [-0.39, 0.29) is 17.0 Å². The number of nitro groups is 1. The quantitative estimate of drug-likeness (QED) is 0.465. The molecule has 0 aromatic heterocycles. The molecule has 0 N–H and O–H groups in total. The number of carbonyl (C=O) groups is 1. The Kier molecular flexibility index (Phi) is 3.00. The summed E-state index contributed by atoms with van der Waals surface area (Å²) >= 11 is 3.06. The van der Waals surface area contributed by atoms with Crippen LogP contribution in [0.15, 0.2) is 16.6 Å². The molecule has 1 aromatic rings. The van der Waals surface area contributed by atoms with E-state index in [0.29, 0.717) is 10.0 Å². The van der Waals surface area contributed by atoms with Gasteiger partial charge in [-0.2, -0.15) is 0 Å². The van der Waals surface area contributed by atoms with Crippen LogP contribution >= 0.6 is 15.9 Å². The van der Waals surface area contributed by atoms with Gasteiger partial charge in [-0.1, -0.05) is 6.07 Å². The fourth-order valence-corrected chi connectivity index (χ4v) is 1.76. The SMILES string of the molecule is CC(=O)c1c(C)ccc(Br)c1[N+](=O)[O-]. The summed E-state index contributed by atoms with van der Waals surface area (Å²) in [6.07, 6.45) is 0. The van der Waals surface area contributed by atoms with Crippen LogP contribution in [0.3, 0.4) is 0 Å². The largest absolute Gasteiger partial charge is 0.294 e. The van der Waals surface area contributed by atoms with Gasteiger partial charge in [-0.25, -0.2) is 0 Å². The first-order valence-corrected chi connectivity index (χ1v) is 4.69. The van der Waals surface area contributed by atoms with Gasteiger partial charge in [0.25, 0.3) is 5.69 Å². The number of rotatable bonds is 2. The Labute approximate surface area is 89.2 Å². The Morgan fingerprint density at radius 2 is 2.07 bits per heavy atom. The number of nitro benzene ring substituents is 1. The molecule has 0 aliphatic carbocycles. The molecule has 0 aliphatic heterocycles. The van der Waals surface area contributed by atoms with Crippen molar-refractivity contribution in [3.8, 4) is 0 Å². The van der Waals surface area contributed by atoms with Gasteiger partial charge >= 0.3 is 0 Å². The van der Waals surface area contributed by atoms with Crippen LogP contribution in [0.1, 0.15) is 22.8 Å². The predicted molar refractivity (Wildman–Crippen MR) is 55.5 cm³/mol. The lowest BCUT2D eigenvalue weighted by Crippen LogP contribution is -2.03. The molecule has 1 aromatic carbocycles. The Morgan fingerprint density at radius 1 is 1.50 bits per heavy atom. The average Bonchev–Trinajstić information content (AvgIpc) is 2.07. The van der Waals surface area contributed by atoms with Crippen LogP contribution < -0.4 is 0 Å². The molecule has 0 radical (unpaired) electrons. The van der Waals surface area contributed by atoms with Gasteiger partial charge in [-0.3, -0.25) is 14.9 Å². The van der Waals surface area contributed by atoms with E-state index in [1.54, 1.807) is 19.1 Å². The molecule has 0 aliphatic rings. The fourth-order valence-electron chi connectivity index (χ4n) is 1.29. The summed E-state index contributed by atoms with van der Waals surface area (Å²) < 4.78 is 0.332. The third-order valence-corrected chi connectivity index (χ3v) is 2.51. The summed E-state index contributed by atoms with van der Waals surface area (Å²) in [4.78, 5) is 21.4. The molecule has 0 atom stereocenters. The van der Waals surface area contributed by atoms with E-state index in [9.17, 15) is 14.9 Å². The van der Waals surface area contributed by atoms with Crippen molar-refractivity contribution in [1.29, 1.82) is 0 Å². The molecule has 0 fully saturated rings. The van der Waals surface area contributed by atoms with E-state index < -0.39 is 4.92 Å². The van der Waals surface area contributed by atoms with E-state index in [0.717, 1.165) is 0 Å². The van der Waals surface area contributed by atoms with E-state index in [2.05, 4.69) is 15.9 Å². The number of hydrogen-bond donors (Lipinski definition) is 0. The van der Waals surface area contributed by atoms with Crippen molar-refractivity contribution in [2.75, 3.05) is 0 Å². The normalized spacial score (nSPS) is 9.93. The number of ketones is 1. The van der Waals surface area contributed by atoms with Crippen molar-refractivity contribution < 1.29 is 9.72 Å². The molecule has 1 rings (SSSR count). The van der Waals surface area contributed by atoms with Crippen molar-refractivity contribution in [3.63, 3.8) is 0 Å². The first kappa shape index (κ1) is 10.8. The summed E-state index contributed by atoms with van der Waals surface area (Å²) in [5.74, 6) is -0.296. The van der Waals surface area contributed by atoms with Gasteiger partial charge in [0.1, 0.15) is 0 Å². The maximum atomic E-state index is 11.2. The first-order valence-electron chi connectivity index (χ1n) is 3.89. The van der Waals surface area contributed by atoms with E-state index in [1.807, 2.05) is 0 Å². The van der Waals surface area contributed by atoms with Crippen LogP contribution in [0.25, 0.3) is 0 Å². The minimum Gasteiger partial charge on any atom is -0.294 e. The molecule has 74 valence electrons. The summed E-state index contributed by atoms with van der Waals surface area (Å²) in [5.41, 5.74) is 0.634. The predicted octanol–water partition coefficient (Wildman–Crippen LogP) is 2.87. The second-order valence-corrected chi connectivity index (χ2v) is 3.76. The molecule has 0 amide bonds. The Hall–Kier alpha value is -1.23. The van der Waals surface area contributed by atoms with Crippen molar-refractivity contribution in [1.82, 2.24) is 0 Å². The molecule has 5 heteroatoms. The monoisotopic (exact) mass is 257 g/mol. The topological polar surface area (TPSA) is 60.2 Å². The maximum absolute atomic E-state index is 11.2. The molecular weight excluding hydrogens is 250 g/mol. The Bertz CT molecular complexity index is 376. The lowest BCUT2D eigenvalue weighted by molar-refractivity contribution is -0.386. The van der Waals surface area contributed by atoms with Crippen molar-refractivity contribution >= 4 is 27.4 Å². The summed E-state index contributed by atoms with van der Waals surface area (Å²) in [6, 6.07) is 3.24. The second-order valence-electron chi connectivity index (χ2n) is 2.90. The number of Topliss-reactive ketones (excluding diaryl/α,β-unsaturated/α-hetero) is 1. The molecule has 0 saturated carbocycles. The molecule has 0 unspecified atom stereocenters. The van der Waals surface area contributed by atoms with Crippen LogP contribution in [0, 0.1) is 17.0 Å². The van der Waals surface area contributed by atoms with Gasteiger partial charge in [-0.15, -0.1) is 0 Å². The van der Waals surface area contributed by atoms with E-state index >= 15 is 0 Å². The zero-order valence-corrected chi connectivity index (χ0v) is 9.29. The molecule has 0 heterocycles. The lowest BCUT2D eigenvalue weighted by Gasteiger charge is -2.04. The van der Waals surface area contributed by atoms with Gasteiger partial charge in [0, 0.05) is 0 Å². The van der Waals surface area contributed by atoms with Crippen molar-refractivity contribution in [2.45, 2.75) is 13.8 Å². The summed E-state index contributed by atoms with van der Waals surface area (Å²) in [6.45, 7) is 3.00. The highest BCUT2D eigenvalue weighted by Crippen LogP contribution is 2.31. The number of halogens is 1. The number of carbonyl (C=O) groups excluding carboxylic acids is 1. The molecular formula is C9H8BrNO3. The van der Waals surface area contributed by atoms with Crippen LogP contribution in [0.4, 0.5) is 5.69 Å². The third-order valence-electron chi connectivity index (χ3n) is 1.87. The molecule has 0 bridgehead atoms. The van der Waals surface area contributed by atoms with E-state index in [4.69, 9.17) is 0 Å². The third kappa shape index (κ3) is 1.82. The smallest absolute Gasteiger partial charge is 0.294 e. The lowest BCUT2D eigenvalue weighted by atomic mass is 10.0. The fraction of sp³-hybridized carbons (Fsp3) is 0.222. The zero-order chi connectivity index (χ0) is 10.9. The van der Waals surface area contributed by atoms with Crippen LogP contribution in [-0.4, -0.2) is 10.7 Å². The van der Waals surface area contributed by atoms with Crippen LogP contribution in [-0.2, 0) is 0 Å². The van der Waals surface area contributed by atoms with E-state index in [1.165, 1.54) is 6.92 Å². The minimum absolute atomic E-state index is 0.155. The standard InChI is InChI=1S/C9H8BrNO3/c1-5-3-4-7(10)9(11(13)14)8(5)6(2)12/h3-4H,1-2H3. The molecule has 14 heavy (non-hydrogen) atoms. The highest BCUT2D eigenvalue weighted by atomic mass is 79.9. The highest BCUT2D eigenvalue weighted by Gasteiger charge is 2.23. The average molecular weight is 258 g/mol. The highest BCUT2D eigenvalue weighted by molar-refractivity contribution is 9.10. The first-order chi connectivity index (χ1) is 6.45. The van der Waals surface area contributed by atoms with Crippen LogP contribution in [0.2, 0.25) is 0 Å². The summed E-state index contributed by atoms with van der Waals surface area (Å²) in [5, 5.41) is 10.7. The van der Waals surface area contributed by atoms with Gasteiger partial charge in [0.15, 0.2) is 5.78 Å². The molecule has 4 nitrogen and oxygen atoms in total. The maximum Gasteiger partial charge on any atom is 0.294 e. The molecule has 0 spiro atoms. The van der Waals surface area contributed by atoms with Crippen molar-refractivity contribution in [2.24, 2.45) is 0 Å². The van der Waals surface area contributed by atoms with Crippen molar-refractivity contribution in [3.05, 3.63) is 37.8 Å². The van der Waals surface area contributed by atoms with Crippen LogP contribution in [0.5, 0.6) is 0 Å². The number of hydrogen-bond acceptors (Lipinski definition) is 3. The minimum atomic E-state index is -0.548. The van der Waals surface area contributed by atoms with Gasteiger partial charge in [0.05, 0.1) is 15.0 Å². The number of nitrogens with zero attached hydrogens (tertiary/aromatic N) is 1. The van der Waals surface area contributed by atoms with Gasteiger partial charge < -0.3 is 0 Å². The Morgan fingerprint density at radius 3 is 2.43 bits per heavy atom. The van der Waals surface area contributed by atoms with Gasteiger partial charge in [0.2, 0.25) is 0 Å². The van der Waals surface area contributed by atoms with Gasteiger partial charge in [-0.05, 0) is 41.4 Å². The zero-order valence-electron chi connectivity index (χ0n) is 7.70. The second kappa shape index (κ2) is 3.88. The number of benzene rings is 1. The summed E-state index contributed by atoms with van der Waals surface area (Å²) in [7, 11) is 0. The molecule has 0 saturated heterocycles. The Balaban J connectivity index is 3.58. The number of aryl methyl sites for hydroxylation is 1.